The first-order valence-corrected chi connectivity index (χ1v) is 10.00. The van der Waals surface area contributed by atoms with Crippen LogP contribution in [0.1, 0.15) is 67.2 Å². The molecule has 4 N–H and O–H groups in total. The number of nitrogens with two attached hydrogens (primary N) is 1. The SMILES string of the molecule is CC(C)C(C)(CN)NC(=O)CN1C(=O)NC2(CCC(C(C)(C)C)CC2)C1=O.Cl. The van der Waals surface area contributed by atoms with Crippen LogP contribution in [0.3, 0.4) is 0 Å². The van der Waals surface area contributed by atoms with E-state index in [2.05, 4.69) is 31.4 Å². The second-order valence-electron chi connectivity index (χ2n) is 9.87. The van der Waals surface area contributed by atoms with Crippen LogP contribution in [-0.2, 0) is 9.59 Å². The molecule has 28 heavy (non-hydrogen) atoms. The summed E-state index contributed by atoms with van der Waals surface area (Å²) in [7, 11) is 0. The number of halogens is 1. The Balaban J connectivity index is 0.00000392. The summed E-state index contributed by atoms with van der Waals surface area (Å²) in [5, 5.41) is 5.77. The molecule has 162 valence electrons. The maximum absolute atomic E-state index is 13.0. The molecule has 1 saturated carbocycles. The fourth-order valence-corrected chi connectivity index (χ4v) is 4.07. The summed E-state index contributed by atoms with van der Waals surface area (Å²) in [5.41, 5.74) is 4.59. The average molecular weight is 417 g/mol. The van der Waals surface area contributed by atoms with E-state index in [9.17, 15) is 14.4 Å². The van der Waals surface area contributed by atoms with Crippen LogP contribution in [0.4, 0.5) is 4.79 Å². The number of hydrogen-bond acceptors (Lipinski definition) is 4. The van der Waals surface area contributed by atoms with Gasteiger partial charge in [0.1, 0.15) is 12.1 Å². The maximum Gasteiger partial charge on any atom is 0.325 e. The normalized spacial score (nSPS) is 27.4. The van der Waals surface area contributed by atoms with E-state index in [1.165, 1.54) is 0 Å². The first-order valence-electron chi connectivity index (χ1n) is 10.00. The van der Waals surface area contributed by atoms with Crippen molar-refractivity contribution in [3.8, 4) is 0 Å². The summed E-state index contributed by atoms with van der Waals surface area (Å²) < 4.78 is 0. The van der Waals surface area contributed by atoms with E-state index in [0.717, 1.165) is 17.7 Å². The minimum absolute atomic E-state index is 0. The van der Waals surface area contributed by atoms with Gasteiger partial charge in [0, 0.05) is 6.54 Å². The van der Waals surface area contributed by atoms with E-state index in [1.807, 2.05) is 20.8 Å². The van der Waals surface area contributed by atoms with Crippen LogP contribution in [0.2, 0.25) is 0 Å². The Morgan fingerprint density at radius 1 is 1.25 bits per heavy atom. The number of hydrogen-bond donors (Lipinski definition) is 3. The third kappa shape index (κ3) is 4.79. The second-order valence-corrected chi connectivity index (χ2v) is 9.87. The molecule has 0 radical (unpaired) electrons. The number of urea groups is 1. The largest absolute Gasteiger partial charge is 0.348 e. The molecule has 2 aliphatic rings. The third-order valence-corrected chi connectivity index (χ3v) is 6.73. The van der Waals surface area contributed by atoms with Gasteiger partial charge in [-0.25, -0.2) is 4.79 Å². The fraction of sp³-hybridized carbons (Fsp3) is 0.850. The quantitative estimate of drug-likeness (QED) is 0.598. The van der Waals surface area contributed by atoms with E-state index >= 15 is 0 Å². The Morgan fingerprint density at radius 3 is 2.21 bits per heavy atom. The van der Waals surface area contributed by atoms with E-state index < -0.39 is 17.1 Å². The Hall–Kier alpha value is -1.34. The van der Waals surface area contributed by atoms with Gasteiger partial charge in [-0.15, -0.1) is 12.4 Å². The van der Waals surface area contributed by atoms with Crippen molar-refractivity contribution in [3.63, 3.8) is 0 Å². The number of nitrogens with one attached hydrogen (secondary N) is 2. The Morgan fingerprint density at radius 2 is 1.79 bits per heavy atom. The number of carbonyl (C=O) groups is 3. The highest BCUT2D eigenvalue weighted by Crippen LogP contribution is 2.43. The molecule has 2 fully saturated rings. The summed E-state index contributed by atoms with van der Waals surface area (Å²) in [4.78, 5) is 39.0. The fourth-order valence-electron chi connectivity index (χ4n) is 4.07. The van der Waals surface area contributed by atoms with Gasteiger partial charge in [-0.05, 0) is 49.9 Å². The molecule has 1 aliphatic carbocycles. The van der Waals surface area contributed by atoms with Crippen molar-refractivity contribution in [2.45, 2.75) is 78.3 Å². The van der Waals surface area contributed by atoms with Crippen LogP contribution < -0.4 is 16.4 Å². The number of rotatable bonds is 5. The first kappa shape index (κ1) is 24.7. The van der Waals surface area contributed by atoms with Gasteiger partial charge in [0.15, 0.2) is 0 Å². The van der Waals surface area contributed by atoms with E-state index in [4.69, 9.17) is 5.73 Å². The van der Waals surface area contributed by atoms with Gasteiger partial charge >= 0.3 is 6.03 Å². The minimum atomic E-state index is -0.839. The smallest absolute Gasteiger partial charge is 0.325 e. The lowest BCUT2D eigenvalue weighted by molar-refractivity contribution is -0.137. The highest BCUT2D eigenvalue weighted by molar-refractivity contribution is 6.09. The summed E-state index contributed by atoms with van der Waals surface area (Å²) in [6.45, 7) is 12.5. The molecule has 0 bridgehead atoms. The second kappa shape index (κ2) is 8.57. The van der Waals surface area contributed by atoms with Crippen molar-refractivity contribution in [1.82, 2.24) is 15.5 Å². The molecule has 1 saturated heterocycles. The highest BCUT2D eigenvalue weighted by Gasteiger charge is 2.53. The van der Waals surface area contributed by atoms with Gasteiger partial charge < -0.3 is 16.4 Å². The van der Waals surface area contributed by atoms with E-state index in [-0.39, 0.29) is 48.6 Å². The van der Waals surface area contributed by atoms with Crippen molar-refractivity contribution in [2.24, 2.45) is 23.0 Å². The standard InChI is InChI=1S/C20H36N4O3.ClH/c1-13(2)19(6,12-21)22-15(25)11-24-16(26)20(23-17(24)27)9-7-14(8-10-20)18(3,4)5;/h13-14H,7-12,21H2,1-6H3,(H,22,25)(H,23,27);1H. The topological polar surface area (TPSA) is 105 Å². The van der Waals surface area contributed by atoms with Crippen LogP contribution in [0.15, 0.2) is 0 Å². The highest BCUT2D eigenvalue weighted by atomic mass is 35.5. The van der Waals surface area contributed by atoms with Gasteiger partial charge in [-0.3, -0.25) is 14.5 Å². The molecule has 4 amide bonds. The summed E-state index contributed by atoms with van der Waals surface area (Å²) >= 11 is 0. The molecule has 1 unspecified atom stereocenters. The predicted octanol–water partition coefficient (Wildman–Crippen LogP) is 2.42. The van der Waals surface area contributed by atoms with Crippen molar-refractivity contribution >= 4 is 30.3 Å². The molecule has 2 rings (SSSR count). The molecule has 1 heterocycles. The Kier molecular flexibility index (Phi) is 7.56. The van der Waals surface area contributed by atoms with Gasteiger partial charge in [0.05, 0.1) is 5.54 Å². The molecule has 0 aromatic heterocycles. The zero-order chi connectivity index (χ0) is 20.6. The van der Waals surface area contributed by atoms with Crippen molar-refractivity contribution in [2.75, 3.05) is 13.1 Å². The van der Waals surface area contributed by atoms with Crippen molar-refractivity contribution < 1.29 is 14.4 Å². The lowest BCUT2D eigenvalue weighted by atomic mass is 9.67. The Labute approximate surface area is 174 Å². The summed E-state index contributed by atoms with van der Waals surface area (Å²) in [5.74, 6) is 0.0321. The van der Waals surface area contributed by atoms with Crippen LogP contribution in [0.25, 0.3) is 0 Å². The van der Waals surface area contributed by atoms with Gasteiger partial charge in [0.25, 0.3) is 5.91 Å². The van der Waals surface area contributed by atoms with Crippen LogP contribution >= 0.6 is 12.4 Å². The third-order valence-electron chi connectivity index (χ3n) is 6.73. The lowest BCUT2D eigenvalue weighted by Gasteiger charge is -2.40. The average Bonchev–Trinajstić information content (AvgIpc) is 2.78. The Bertz CT molecular complexity index is 609. The molecular formula is C20H37ClN4O3. The lowest BCUT2D eigenvalue weighted by Crippen LogP contribution is -2.57. The van der Waals surface area contributed by atoms with Crippen molar-refractivity contribution in [1.29, 1.82) is 0 Å². The molecular weight excluding hydrogens is 380 g/mol. The minimum Gasteiger partial charge on any atom is -0.348 e. The monoisotopic (exact) mass is 416 g/mol. The number of nitrogens with zero attached hydrogens (tertiary/aromatic N) is 1. The summed E-state index contributed by atoms with van der Waals surface area (Å²) in [6, 6.07) is -0.469. The van der Waals surface area contributed by atoms with Crippen LogP contribution in [0.5, 0.6) is 0 Å². The predicted molar refractivity (Wildman–Crippen MR) is 112 cm³/mol. The number of carbonyl (C=O) groups excluding carboxylic acids is 3. The zero-order valence-corrected chi connectivity index (χ0v) is 18.9. The molecule has 1 spiro atoms. The zero-order valence-electron chi connectivity index (χ0n) is 18.1. The maximum atomic E-state index is 13.0. The van der Waals surface area contributed by atoms with Crippen molar-refractivity contribution in [3.05, 3.63) is 0 Å². The molecule has 0 aromatic carbocycles. The van der Waals surface area contributed by atoms with Gasteiger partial charge in [-0.2, -0.15) is 0 Å². The first-order chi connectivity index (χ1) is 12.3. The van der Waals surface area contributed by atoms with Gasteiger partial charge in [0.2, 0.25) is 5.91 Å². The molecule has 1 atom stereocenters. The molecule has 0 aromatic rings. The van der Waals surface area contributed by atoms with Gasteiger partial charge in [-0.1, -0.05) is 34.6 Å². The summed E-state index contributed by atoms with van der Waals surface area (Å²) in [6.07, 6.45) is 3.05. The molecule has 1 aliphatic heterocycles. The number of imide groups is 1. The molecule has 7 nitrogen and oxygen atoms in total. The molecule has 8 heteroatoms. The van der Waals surface area contributed by atoms with Crippen LogP contribution in [0, 0.1) is 17.3 Å². The van der Waals surface area contributed by atoms with E-state index in [0.29, 0.717) is 18.8 Å². The van der Waals surface area contributed by atoms with Crippen LogP contribution in [-0.4, -0.2) is 46.9 Å². The van der Waals surface area contributed by atoms with E-state index in [1.54, 1.807) is 0 Å². The number of amides is 4.